The van der Waals surface area contributed by atoms with E-state index < -0.39 is 17.1 Å². The Morgan fingerprint density at radius 1 is 1.39 bits per heavy atom. The minimum atomic E-state index is -0.939. The standard InChI is InChI=1S/C11H13Cl2N3O2/c1-18-11(17)16-10(8(12)13)15-9(14)7-5-3-2-4-6-7/h2-6,8,10H,1H3,(H2,14,15)(H,16,17)/t10-/m1/s1. The van der Waals surface area contributed by atoms with Gasteiger partial charge in [-0.25, -0.2) is 9.79 Å². The highest BCUT2D eigenvalue weighted by Gasteiger charge is 2.19. The van der Waals surface area contributed by atoms with E-state index in [-0.39, 0.29) is 5.84 Å². The summed E-state index contributed by atoms with van der Waals surface area (Å²) in [4.78, 5) is 14.2. The molecular weight excluding hydrogens is 277 g/mol. The van der Waals surface area contributed by atoms with Gasteiger partial charge in [0.15, 0.2) is 6.17 Å². The Morgan fingerprint density at radius 3 is 2.50 bits per heavy atom. The highest BCUT2D eigenvalue weighted by Crippen LogP contribution is 2.10. The minimum Gasteiger partial charge on any atom is -0.453 e. The number of aliphatic imine (C=N–C) groups is 1. The summed E-state index contributed by atoms with van der Waals surface area (Å²) in [6.45, 7) is 0. The third-order valence-electron chi connectivity index (χ3n) is 2.04. The van der Waals surface area contributed by atoms with Crippen molar-refractivity contribution in [3.05, 3.63) is 35.9 Å². The van der Waals surface area contributed by atoms with E-state index in [2.05, 4.69) is 15.0 Å². The SMILES string of the molecule is COC(=O)N[C@@H](N=C(N)c1ccccc1)C(Cl)Cl. The molecular formula is C11H13Cl2N3O2. The van der Waals surface area contributed by atoms with Crippen molar-refractivity contribution in [3.63, 3.8) is 0 Å². The lowest BCUT2D eigenvalue weighted by atomic mass is 10.2. The number of methoxy groups -OCH3 is 1. The van der Waals surface area contributed by atoms with Crippen molar-refractivity contribution in [1.82, 2.24) is 5.32 Å². The van der Waals surface area contributed by atoms with E-state index in [0.717, 1.165) is 0 Å². The summed E-state index contributed by atoms with van der Waals surface area (Å²) in [5.41, 5.74) is 6.50. The number of alkyl halides is 2. The fraction of sp³-hybridized carbons (Fsp3) is 0.273. The van der Waals surface area contributed by atoms with Crippen molar-refractivity contribution in [2.45, 2.75) is 11.0 Å². The molecule has 0 aliphatic rings. The number of alkyl carbamates (subject to hydrolysis) is 1. The molecule has 0 heterocycles. The average molecular weight is 290 g/mol. The molecule has 7 heteroatoms. The molecule has 0 unspecified atom stereocenters. The monoisotopic (exact) mass is 289 g/mol. The first kappa shape index (κ1) is 14.6. The van der Waals surface area contributed by atoms with E-state index in [4.69, 9.17) is 28.9 Å². The first-order valence-electron chi connectivity index (χ1n) is 5.06. The van der Waals surface area contributed by atoms with Gasteiger partial charge in [0.05, 0.1) is 7.11 Å². The summed E-state index contributed by atoms with van der Waals surface area (Å²) < 4.78 is 4.44. The molecule has 0 aliphatic carbocycles. The van der Waals surface area contributed by atoms with E-state index in [1.165, 1.54) is 7.11 Å². The summed E-state index contributed by atoms with van der Waals surface area (Å²) in [7, 11) is 1.23. The van der Waals surface area contributed by atoms with Crippen LogP contribution >= 0.6 is 23.2 Å². The first-order chi connectivity index (χ1) is 8.54. The summed E-state index contributed by atoms with van der Waals surface area (Å²) in [6, 6.07) is 9.06. The molecule has 0 saturated carbocycles. The van der Waals surface area contributed by atoms with Crippen LogP contribution < -0.4 is 11.1 Å². The van der Waals surface area contributed by atoms with Gasteiger partial charge in [0.1, 0.15) is 10.7 Å². The topological polar surface area (TPSA) is 76.7 Å². The number of rotatable bonds is 4. The molecule has 5 nitrogen and oxygen atoms in total. The maximum absolute atomic E-state index is 11.1. The molecule has 18 heavy (non-hydrogen) atoms. The van der Waals surface area contributed by atoms with Crippen molar-refractivity contribution in [2.75, 3.05) is 7.11 Å². The van der Waals surface area contributed by atoms with Gasteiger partial charge in [-0.15, -0.1) is 23.2 Å². The highest BCUT2D eigenvalue weighted by atomic mass is 35.5. The van der Waals surface area contributed by atoms with E-state index in [0.29, 0.717) is 5.56 Å². The fourth-order valence-corrected chi connectivity index (χ4v) is 1.40. The van der Waals surface area contributed by atoms with Crippen molar-refractivity contribution in [1.29, 1.82) is 0 Å². The van der Waals surface area contributed by atoms with Crippen molar-refractivity contribution >= 4 is 35.1 Å². The van der Waals surface area contributed by atoms with Gasteiger partial charge >= 0.3 is 6.09 Å². The van der Waals surface area contributed by atoms with Crippen LogP contribution in [0.2, 0.25) is 0 Å². The minimum absolute atomic E-state index is 0.225. The maximum atomic E-state index is 11.1. The number of amidine groups is 1. The third kappa shape index (κ3) is 4.43. The molecule has 1 aromatic carbocycles. The number of halogens is 2. The van der Waals surface area contributed by atoms with Crippen LogP contribution in [0.25, 0.3) is 0 Å². The Labute approximate surface area is 115 Å². The zero-order valence-corrected chi connectivity index (χ0v) is 11.2. The number of hydrogen-bond acceptors (Lipinski definition) is 3. The van der Waals surface area contributed by atoms with Crippen LogP contribution in [0.4, 0.5) is 4.79 Å². The Hall–Kier alpha value is -1.46. The summed E-state index contributed by atoms with van der Waals surface area (Å²) in [5, 5.41) is 2.37. The van der Waals surface area contributed by atoms with Gasteiger partial charge in [-0.3, -0.25) is 5.32 Å². The summed E-state index contributed by atoms with van der Waals surface area (Å²) >= 11 is 11.4. The lowest BCUT2D eigenvalue weighted by Crippen LogP contribution is -2.39. The first-order valence-corrected chi connectivity index (χ1v) is 5.93. The Morgan fingerprint density at radius 2 is 2.00 bits per heavy atom. The molecule has 1 atom stereocenters. The van der Waals surface area contributed by atoms with Gasteiger partial charge in [-0.1, -0.05) is 30.3 Å². The predicted molar refractivity (Wildman–Crippen MR) is 72.0 cm³/mol. The number of hydrogen-bond donors (Lipinski definition) is 2. The van der Waals surface area contributed by atoms with Gasteiger partial charge in [0, 0.05) is 5.56 Å². The Bertz CT molecular complexity index is 424. The Kier molecular flexibility index (Phi) is 5.74. The number of carbonyl (C=O) groups is 1. The van der Waals surface area contributed by atoms with Gasteiger partial charge in [0.25, 0.3) is 0 Å². The van der Waals surface area contributed by atoms with E-state index >= 15 is 0 Å². The predicted octanol–water partition coefficient (Wildman–Crippen LogP) is 1.88. The molecule has 1 amide bonds. The van der Waals surface area contributed by atoms with Gasteiger partial charge < -0.3 is 10.5 Å². The lowest BCUT2D eigenvalue weighted by Gasteiger charge is -2.15. The maximum Gasteiger partial charge on any atom is 0.408 e. The quantitative estimate of drug-likeness (QED) is 0.505. The van der Waals surface area contributed by atoms with Gasteiger partial charge in [-0.05, 0) is 0 Å². The van der Waals surface area contributed by atoms with E-state index in [1.807, 2.05) is 18.2 Å². The average Bonchev–Trinajstić information content (AvgIpc) is 2.38. The molecule has 0 spiro atoms. The number of nitrogens with one attached hydrogen (secondary N) is 1. The zero-order valence-electron chi connectivity index (χ0n) is 9.64. The molecule has 0 fully saturated rings. The number of ether oxygens (including phenoxy) is 1. The summed E-state index contributed by atoms with van der Waals surface area (Å²) in [5.74, 6) is 0.225. The molecule has 0 aromatic heterocycles. The second-order valence-electron chi connectivity index (χ2n) is 3.30. The van der Waals surface area contributed by atoms with Crippen LogP contribution in [0.5, 0.6) is 0 Å². The molecule has 3 N–H and O–H groups in total. The van der Waals surface area contributed by atoms with Crippen molar-refractivity contribution in [3.8, 4) is 0 Å². The normalized spacial score (nSPS) is 13.2. The van der Waals surface area contributed by atoms with Crippen molar-refractivity contribution in [2.24, 2.45) is 10.7 Å². The van der Waals surface area contributed by atoms with Crippen LogP contribution in [0, 0.1) is 0 Å². The number of carbonyl (C=O) groups excluding carboxylic acids is 1. The van der Waals surface area contributed by atoms with E-state index in [1.54, 1.807) is 12.1 Å². The Balaban J connectivity index is 2.85. The van der Waals surface area contributed by atoms with Crippen LogP contribution in [0.15, 0.2) is 35.3 Å². The van der Waals surface area contributed by atoms with Gasteiger partial charge in [0.2, 0.25) is 0 Å². The number of nitrogens with zero attached hydrogens (tertiary/aromatic N) is 1. The van der Waals surface area contributed by atoms with E-state index in [9.17, 15) is 4.79 Å². The van der Waals surface area contributed by atoms with Crippen LogP contribution in [0.3, 0.4) is 0 Å². The third-order valence-corrected chi connectivity index (χ3v) is 2.51. The lowest BCUT2D eigenvalue weighted by molar-refractivity contribution is 0.167. The zero-order chi connectivity index (χ0) is 13.5. The van der Waals surface area contributed by atoms with Crippen LogP contribution in [-0.4, -0.2) is 30.0 Å². The van der Waals surface area contributed by atoms with Crippen LogP contribution in [-0.2, 0) is 4.74 Å². The highest BCUT2D eigenvalue weighted by molar-refractivity contribution is 6.44. The molecule has 98 valence electrons. The van der Waals surface area contributed by atoms with Gasteiger partial charge in [-0.2, -0.15) is 0 Å². The largest absolute Gasteiger partial charge is 0.453 e. The van der Waals surface area contributed by atoms with Crippen LogP contribution in [0.1, 0.15) is 5.56 Å². The molecule has 1 aromatic rings. The fourth-order valence-electron chi connectivity index (χ4n) is 1.16. The number of amides is 1. The smallest absolute Gasteiger partial charge is 0.408 e. The second-order valence-corrected chi connectivity index (χ2v) is 4.46. The molecule has 1 rings (SSSR count). The molecule has 0 saturated heterocycles. The number of nitrogens with two attached hydrogens (primary N) is 1. The second kappa shape index (κ2) is 7.08. The summed E-state index contributed by atoms with van der Waals surface area (Å²) in [6.07, 6.45) is -1.56. The van der Waals surface area contributed by atoms with Crippen molar-refractivity contribution < 1.29 is 9.53 Å². The number of benzene rings is 1. The molecule has 0 bridgehead atoms. The molecule has 0 aliphatic heterocycles. The molecule has 0 radical (unpaired) electrons.